The highest BCUT2D eigenvalue weighted by atomic mass is 16.6. The standard InChI is InChI=1S/C32H56N6O5/c1-4-5-6-7-8-9-10-11-12-13-14-15-16-17-18-19-28(39)41-21-26(22-42-31(40)29(33)25(2)3)43-24-38-23-36-27-20-35-32(34)37-30(27)38/h20,23,25-26,29H,4-19,21-22,24,33H2,1-3H3,(H2,34,35,37)/t26?,29-/m0/s1. The summed E-state index contributed by atoms with van der Waals surface area (Å²) in [6.45, 7) is 5.84. The van der Waals surface area contributed by atoms with Crippen LogP contribution in [-0.2, 0) is 30.5 Å². The largest absolute Gasteiger partial charge is 0.463 e. The van der Waals surface area contributed by atoms with Crippen LogP contribution in [0.2, 0.25) is 0 Å². The topological polar surface area (TPSA) is 157 Å². The van der Waals surface area contributed by atoms with Gasteiger partial charge in [-0.3, -0.25) is 14.2 Å². The molecular formula is C32H56N6O5. The van der Waals surface area contributed by atoms with Gasteiger partial charge < -0.3 is 25.7 Å². The van der Waals surface area contributed by atoms with E-state index in [0.717, 1.165) is 19.3 Å². The molecular weight excluding hydrogens is 548 g/mol. The maximum Gasteiger partial charge on any atom is 0.323 e. The Morgan fingerprint density at radius 1 is 0.837 bits per heavy atom. The number of carbonyl (C=O) groups is 2. The minimum Gasteiger partial charge on any atom is -0.463 e. The van der Waals surface area contributed by atoms with Crippen molar-refractivity contribution >= 4 is 29.1 Å². The van der Waals surface area contributed by atoms with Gasteiger partial charge in [0, 0.05) is 6.42 Å². The lowest BCUT2D eigenvalue weighted by atomic mass is 10.0. The van der Waals surface area contributed by atoms with Gasteiger partial charge in [0.1, 0.15) is 37.6 Å². The molecule has 4 N–H and O–H groups in total. The third-order valence-electron chi connectivity index (χ3n) is 7.64. The normalized spacial score (nSPS) is 13.0. The zero-order valence-corrected chi connectivity index (χ0v) is 26.8. The van der Waals surface area contributed by atoms with Crippen LogP contribution in [0.15, 0.2) is 12.5 Å². The maximum atomic E-state index is 12.4. The van der Waals surface area contributed by atoms with Crippen LogP contribution in [0.3, 0.4) is 0 Å². The summed E-state index contributed by atoms with van der Waals surface area (Å²) in [5, 5.41) is 0. The molecule has 0 saturated heterocycles. The van der Waals surface area contributed by atoms with Crippen molar-refractivity contribution < 1.29 is 23.8 Å². The van der Waals surface area contributed by atoms with Crippen LogP contribution in [0.5, 0.6) is 0 Å². The van der Waals surface area contributed by atoms with E-state index in [1.54, 1.807) is 10.9 Å². The number of hydrogen-bond donors (Lipinski definition) is 2. The Hall–Kier alpha value is -2.79. The highest BCUT2D eigenvalue weighted by molar-refractivity contribution is 5.75. The van der Waals surface area contributed by atoms with E-state index >= 15 is 0 Å². The van der Waals surface area contributed by atoms with Gasteiger partial charge in [0.2, 0.25) is 5.95 Å². The third-order valence-corrected chi connectivity index (χ3v) is 7.64. The predicted molar refractivity (Wildman–Crippen MR) is 169 cm³/mol. The van der Waals surface area contributed by atoms with Gasteiger partial charge >= 0.3 is 11.9 Å². The number of esters is 2. The van der Waals surface area contributed by atoms with Crippen molar-refractivity contribution in [1.29, 1.82) is 0 Å². The van der Waals surface area contributed by atoms with E-state index in [2.05, 4.69) is 21.9 Å². The third kappa shape index (κ3) is 15.5. The molecule has 1 unspecified atom stereocenters. The highest BCUT2D eigenvalue weighted by Gasteiger charge is 2.22. The van der Waals surface area contributed by atoms with Gasteiger partial charge in [-0.2, -0.15) is 4.98 Å². The average molecular weight is 605 g/mol. The van der Waals surface area contributed by atoms with E-state index in [-0.39, 0.29) is 37.8 Å². The van der Waals surface area contributed by atoms with Gasteiger partial charge in [-0.05, 0) is 12.3 Å². The molecule has 2 heterocycles. The fourth-order valence-electron chi connectivity index (χ4n) is 4.74. The Morgan fingerprint density at radius 3 is 1.98 bits per heavy atom. The van der Waals surface area contributed by atoms with Crippen LogP contribution in [0, 0.1) is 5.92 Å². The zero-order valence-electron chi connectivity index (χ0n) is 26.8. The second kappa shape index (κ2) is 21.8. The summed E-state index contributed by atoms with van der Waals surface area (Å²) in [4.78, 5) is 37.1. The molecule has 0 aliphatic carbocycles. The molecule has 0 aliphatic heterocycles. The zero-order chi connectivity index (χ0) is 31.3. The summed E-state index contributed by atoms with van der Waals surface area (Å²) in [7, 11) is 0. The first-order valence-corrected chi connectivity index (χ1v) is 16.4. The molecule has 0 amide bonds. The fourth-order valence-corrected chi connectivity index (χ4v) is 4.74. The number of nitrogens with zero attached hydrogens (tertiary/aromatic N) is 4. The van der Waals surface area contributed by atoms with Crippen LogP contribution >= 0.6 is 0 Å². The monoisotopic (exact) mass is 604 g/mol. The lowest BCUT2D eigenvalue weighted by Crippen LogP contribution is -2.39. The van der Waals surface area contributed by atoms with E-state index in [1.807, 2.05) is 13.8 Å². The summed E-state index contributed by atoms with van der Waals surface area (Å²) in [5.41, 5.74) is 12.7. The van der Waals surface area contributed by atoms with Crippen LogP contribution in [0.1, 0.15) is 124 Å². The van der Waals surface area contributed by atoms with Crippen LogP contribution < -0.4 is 11.5 Å². The first kappa shape index (κ1) is 36.4. The van der Waals surface area contributed by atoms with Crippen molar-refractivity contribution in [2.45, 2.75) is 142 Å². The number of aromatic nitrogens is 4. The Kier molecular flexibility index (Phi) is 18.5. The molecule has 2 atom stereocenters. The average Bonchev–Trinajstić information content (AvgIpc) is 3.39. The van der Waals surface area contributed by atoms with Gasteiger partial charge in [-0.1, -0.05) is 111 Å². The number of carbonyl (C=O) groups excluding carboxylic acids is 2. The molecule has 0 saturated carbocycles. The number of fused-ring (bicyclic) bond motifs is 1. The van der Waals surface area contributed by atoms with Crippen molar-refractivity contribution in [2.75, 3.05) is 18.9 Å². The van der Waals surface area contributed by atoms with E-state index < -0.39 is 18.1 Å². The first-order valence-electron chi connectivity index (χ1n) is 16.4. The molecule has 0 aromatic carbocycles. The molecule has 0 bridgehead atoms. The maximum absolute atomic E-state index is 12.4. The Morgan fingerprint density at radius 2 is 1.40 bits per heavy atom. The molecule has 0 spiro atoms. The lowest BCUT2D eigenvalue weighted by Gasteiger charge is -2.20. The quantitative estimate of drug-likeness (QED) is 0.100. The smallest absolute Gasteiger partial charge is 0.323 e. The number of imidazole rings is 1. The molecule has 43 heavy (non-hydrogen) atoms. The fraction of sp³-hybridized carbons (Fsp3) is 0.781. The summed E-state index contributed by atoms with van der Waals surface area (Å²) in [6, 6.07) is -0.745. The minimum atomic E-state index is -0.745. The molecule has 2 rings (SSSR count). The Labute approximate surface area is 257 Å². The van der Waals surface area contributed by atoms with E-state index in [4.69, 9.17) is 25.7 Å². The molecule has 0 aliphatic rings. The number of nitrogen functional groups attached to an aromatic ring is 1. The Bertz CT molecular complexity index is 1050. The molecule has 11 nitrogen and oxygen atoms in total. The molecule has 244 valence electrons. The van der Waals surface area contributed by atoms with Crippen LogP contribution in [-0.4, -0.2) is 56.8 Å². The number of hydrogen-bond acceptors (Lipinski definition) is 10. The van der Waals surface area contributed by atoms with Gasteiger partial charge in [0.05, 0.1) is 12.5 Å². The second-order valence-corrected chi connectivity index (χ2v) is 11.9. The van der Waals surface area contributed by atoms with Crippen molar-refractivity contribution in [2.24, 2.45) is 11.7 Å². The number of anilines is 1. The van der Waals surface area contributed by atoms with E-state index in [9.17, 15) is 9.59 Å². The summed E-state index contributed by atoms with van der Waals surface area (Å²) in [6.07, 6.45) is 21.8. The van der Waals surface area contributed by atoms with Crippen LogP contribution in [0.25, 0.3) is 11.2 Å². The van der Waals surface area contributed by atoms with Crippen molar-refractivity contribution in [3.63, 3.8) is 0 Å². The number of nitrogens with two attached hydrogens (primary N) is 2. The molecule has 0 radical (unpaired) electrons. The van der Waals surface area contributed by atoms with Crippen molar-refractivity contribution in [3.8, 4) is 0 Å². The summed E-state index contributed by atoms with van der Waals surface area (Å²) in [5.74, 6) is -0.763. The van der Waals surface area contributed by atoms with E-state index in [0.29, 0.717) is 17.6 Å². The summed E-state index contributed by atoms with van der Waals surface area (Å²) >= 11 is 0. The summed E-state index contributed by atoms with van der Waals surface area (Å²) < 4.78 is 18.4. The molecule has 2 aromatic rings. The first-order chi connectivity index (χ1) is 20.8. The molecule has 0 fully saturated rings. The van der Waals surface area contributed by atoms with Crippen molar-refractivity contribution in [1.82, 2.24) is 19.5 Å². The molecule has 11 heteroatoms. The number of ether oxygens (including phenoxy) is 3. The van der Waals surface area contributed by atoms with E-state index in [1.165, 1.54) is 83.2 Å². The van der Waals surface area contributed by atoms with Gasteiger partial charge in [0.15, 0.2) is 5.65 Å². The van der Waals surface area contributed by atoms with Crippen LogP contribution in [0.4, 0.5) is 5.95 Å². The van der Waals surface area contributed by atoms with Gasteiger partial charge in [0.25, 0.3) is 0 Å². The number of unbranched alkanes of at least 4 members (excludes halogenated alkanes) is 14. The molecule has 2 aromatic heterocycles. The SMILES string of the molecule is CCCCCCCCCCCCCCCCCC(=O)OCC(COC(=O)[C@@H](N)C(C)C)OCn1cnc2cnc(N)nc21. The second-order valence-electron chi connectivity index (χ2n) is 11.9. The lowest BCUT2D eigenvalue weighted by molar-refractivity contribution is -0.158. The highest BCUT2D eigenvalue weighted by Crippen LogP contribution is 2.15. The Balaban J connectivity index is 1.63. The van der Waals surface area contributed by atoms with Gasteiger partial charge in [-0.25, -0.2) is 9.97 Å². The predicted octanol–water partition coefficient (Wildman–Crippen LogP) is 6.08. The van der Waals surface area contributed by atoms with Gasteiger partial charge in [-0.15, -0.1) is 0 Å². The minimum absolute atomic E-state index is 0.0437. The number of rotatable bonds is 25. The van der Waals surface area contributed by atoms with Crippen molar-refractivity contribution in [3.05, 3.63) is 12.5 Å².